The Morgan fingerprint density at radius 1 is 1.21 bits per heavy atom. The third-order valence-electron chi connectivity index (χ3n) is 4.62. The first-order chi connectivity index (χ1) is 11.7. The molecule has 1 aliphatic carbocycles. The largest absolute Gasteiger partial charge is 0.493 e. The van der Waals surface area contributed by atoms with Gasteiger partial charge < -0.3 is 15.8 Å². The number of nitrogens with one attached hydrogen (secondary N) is 1. The molecule has 1 amide bonds. The van der Waals surface area contributed by atoms with Crippen molar-refractivity contribution in [3.63, 3.8) is 0 Å². The molecule has 4 rings (SSSR count). The molecule has 0 spiro atoms. The number of anilines is 1. The van der Waals surface area contributed by atoms with Crippen LogP contribution in [0.15, 0.2) is 18.2 Å². The van der Waals surface area contributed by atoms with E-state index in [0.717, 1.165) is 61.3 Å². The minimum Gasteiger partial charge on any atom is -0.493 e. The zero-order valence-electron chi connectivity index (χ0n) is 13.5. The number of hydrogen-bond donors (Lipinski definition) is 2. The van der Waals surface area contributed by atoms with Gasteiger partial charge in [0.25, 0.3) is 5.91 Å². The van der Waals surface area contributed by atoms with Crippen molar-refractivity contribution < 1.29 is 9.53 Å². The summed E-state index contributed by atoms with van der Waals surface area (Å²) < 4.78 is 5.51. The highest BCUT2D eigenvalue weighted by atomic mass is 16.5. The number of fused-ring (bicyclic) bond motifs is 2. The average Bonchev–Trinajstić information content (AvgIpc) is 3.06. The van der Waals surface area contributed by atoms with Crippen molar-refractivity contribution in [2.75, 3.05) is 12.3 Å². The van der Waals surface area contributed by atoms with E-state index in [2.05, 4.69) is 21.4 Å². The predicted molar refractivity (Wildman–Crippen MR) is 89.9 cm³/mol. The van der Waals surface area contributed by atoms with Crippen molar-refractivity contribution in [3.8, 4) is 5.75 Å². The molecule has 0 fully saturated rings. The van der Waals surface area contributed by atoms with Gasteiger partial charge in [-0.15, -0.1) is 0 Å². The van der Waals surface area contributed by atoms with Gasteiger partial charge in [0, 0.05) is 24.2 Å². The molecule has 1 aromatic heterocycles. The topological polar surface area (TPSA) is 90.1 Å². The van der Waals surface area contributed by atoms with Gasteiger partial charge in [0.1, 0.15) is 11.4 Å². The lowest BCUT2D eigenvalue weighted by Crippen LogP contribution is -2.27. The molecule has 1 aromatic carbocycles. The molecule has 24 heavy (non-hydrogen) atoms. The molecule has 124 valence electrons. The molecule has 0 saturated heterocycles. The molecule has 6 nitrogen and oxygen atoms in total. The van der Waals surface area contributed by atoms with Crippen LogP contribution in [0.3, 0.4) is 0 Å². The second-order valence-corrected chi connectivity index (χ2v) is 6.29. The van der Waals surface area contributed by atoms with Crippen LogP contribution in [0.25, 0.3) is 0 Å². The first kappa shape index (κ1) is 14.9. The van der Waals surface area contributed by atoms with E-state index in [1.54, 1.807) is 0 Å². The van der Waals surface area contributed by atoms with Crippen LogP contribution in [-0.2, 0) is 25.8 Å². The fraction of sp³-hybridized carbons (Fsp3) is 0.389. The number of carbonyl (C=O) groups is 1. The normalized spacial score (nSPS) is 15.3. The maximum absolute atomic E-state index is 12.6. The van der Waals surface area contributed by atoms with Crippen LogP contribution in [0.1, 0.15) is 45.7 Å². The second-order valence-electron chi connectivity index (χ2n) is 6.29. The number of benzene rings is 1. The molecule has 0 bridgehead atoms. The summed E-state index contributed by atoms with van der Waals surface area (Å²) in [5.41, 5.74) is 10.3. The predicted octanol–water partition coefficient (Wildman–Crippen LogP) is 1.80. The monoisotopic (exact) mass is 324 g/mol. The van der Waals surface area contributed by atoms with Crippen LogP contribution in [-0.4, -0.2) is 22.5 Å². The summed E-state index contributed by atoms with van der Waals surface area (Å²) in [4.78, 5) is 21.1. The zero-order chi connectivity index (χ0) is 16.5. The lowest BCUT2D eigenvalue weighted by molar-refractivity contribution is 0.0944. The smallest absolute Gasteiger partial charge is 0.270 e. The molecular weight excluding hydrogens is 304 g/mol. The summed E-state index contributed by atoms with van der Waals surface area (Å²) in [6.07, 6.45) is 4.78. The SMILES string of the molecule is Nc1nc2c(c(C(=O)NCc3ccc4c(c3)CCO4)n1)CCCC2. The number of nitrogens with two attached hydrogens (primary N) is 1. The number of amides is 1. The molecule has 0 saturated carbocycles. The van der Waals surface area contributed by atoms with Gasteiger partial charge in [0.05, 0.1) is 6.61 Å². The van der Waals surface area contributed by atoms with E-state index in [-0.39, 0.29) is 11.9 Å². The Labute approximate surface area is 140 Å². The van der Waals surface area contributed by atoms with Crippen LogP contribution in [0.2, 0.25) is 0 Å². The number of nitrogens with zero attached hydrogens (tertiary/aromatic N) is 2. The van der Waals surface area contributed by atoms with Crippen LogP contribution >= 0.6 is 0 Å². The number of ether oxygens (including phenoxy) is 1. The van der Waals surface area contributed by atoms with E-state index in [1.807, 2.05) is 12.1 Å². The van der Waals surface area contributed by atoms with Gasteiger partial charge in [-0.2, -0.15) is 0 Å². The van der Waals surface area contributed by atoms with Crippen molar-refractivity contribution in [1.82, 2.24) is 15.3 Å². The van der Waals surface area contributed by atoms with Crippen molar-refractivity contribution in [3.05, 3.63) is 46.3 Å². The summed E-state index contributed by atoms with van der Waals surface area (Å²) in [6, 6.07) is 6.04. The molecular formula is C18H20N4O2. The molecule has 2 aromatic rings. The minimum atomic E-state index is -0.181. The van der Waals surface area contributed by atoms with Gasteiger partial charge in [-0.3, -0.25) is 4.79 Å². The Kier molecular flexibility index (Phi) is 3.80. The maximum atomic E-state index is 12.6. The Morgan fingerprint density at radius 2 is 2.08 bits per heavy atom. The fourth-order valence-corrected chi connectivity index (χ4v) is 3.42. The quantitative estimate of drug-likeness (QED) is 0.898. The van der Waals surface area contributed by atoms with Gasteiger partial charge >= 0.3 is 0 Å². The van der Waals surface area contributed by atoms with Gasteiger partial charge in [-0.05, 0) is 42.9 Å². The molecule has 1 aliphatic heterocycles. The van der Waals surface area contributed by atoms with Crippen molar-refractivity contribution >= 4 is 11.9 Å². The Bertz CT molecular complexity index is 804. The van der Waals surface area contributed by atoms with Crippen molar-refractivity contribution in [2.45, 2.75) is 38.6 Å². The lowest BCUT2D eigenvalue weighted by atomic mass is 9.94. The van der Waals surface area contributed by atoms with Gasteiger partial charge in [0.15, 0.2) is 0 Å². The highest BCUT2D eigenvalue weighted by Gasteiger charge is 2.21. The maximum Gasteiger partial charge on any atom is 0.270 e. The fourth-order valence-electron chi connectivity index (χ4n) is 3.42. The summed E-state index contributed by atoms with van der Waals surface area (Å²) in [5.74, 6) is 0.942. The lowest BCUT2D eigenvalue weighted by Gasteiger charge is -2.18. The molecule has 3 N–H and O–H groups in total. The minimum absolute atomic E-state index is 0.176. The number of nitrogen functional groups attached to an aromatic ring is 1. The second kappa shape index (κ2) is 6.11. The number of hydrogen-bond acceptors (Lipinski definition) is 5. The molecule has 0 unspecified atom stereocenters. The van der Waals surface area contributed by atoms with Crippen molar-refractivity contribution in [2.24, 2.45) is 0 Å². The van der Waals surface area contributed by atoms with Gasteiger partial charge in [-0.1, -0.05) is 12.1 Å². The zero-order valence-corrected chi connectivity index (χ0v) is 13.5. The third-order valence-corrected chi connectivity index (χ3v) is 4.62. The average molecular weight is 324 g/mol. The number of aromatic nitrogens is 2. The molecule has 6 heteroatoms. The van der Waals surface area contributed by atoms with Crippen LogP contribution < -0.4 is 15.8 Å². The van der Waals surface area contributed by atoms with Crippen LogP contribution in [0, 0.1) is 0 Å². The van der Waals surface area contributed by atoms with E-state index < -0.39 is 0 Å². The van der Waals surface area contributed by atoms with Crippen molar-refractivity contribution in [1.29, 1.82) is 0 Å². The molecule has 0 radical (unpaired) electrons. The number of rotatable bonds is 3. The highest BCUT2D eigenvalue weighted by molar-refractivity contribution is 5.94. The van der Waals surface area contributed by atoms with Gasteiger partial charge in [0.2, 0.25) is 5.95 Å². The summed E-state index contributed by atoms with van der Waals surface area (Å²) in [5, 5.41) is 2.96. The van der Waals surface area contributed by atoms with E-state index in [1.165, 1.54) is 5.56 Å². The Morgan fingerprint density at radius 3 is 3.00 bits per heavy atom. The van der Waals surface area contributed by atoms with Crippen LogP contribution in [0.4, 0.5) is 5.95 Å². The number of aryl methyl sites for hydroxylation is 1. The van der Waals surface area contributed by atoms with Crippen LogP contribution in [0.5, 0.6) is 5.75 Å². The van der Waals surface area contributed by atoms with E-state index in [4.69, 9.17) is 10.5 Å². The summed E-state index contributed by atoms with van der Waals surface area (Å²) >= 11 is 0. The highest BCUT2D eigenvalue weighted by Crippen LogP contribution is 2.26. The summed E-state index contributed by atoms with van der Waals surface area (Å²) in [7, 11) is 0. The molecule has 2 heterocycles. The first-order valence-corrected chi connectivity index (χ1v) is 8.39. The van der Waals surface area contributed by atoms with E-state index >= 15 is 0 Å². The standard InChI is InChI=1S/C18H20N4O2/c19-18-21-14-4-2-1-3-13(14)16(22-18)17(23)20-10-11-5-6-15-12(9-11)7-8-24-15/h5-6,9H,1-4,7-8,10H2,(H,20,23)(H2,19,21,22). The Hall–Kier alpha value is -2.63. The Balaban J connectivity index is 1.51. The number of carbonyl (C=O) groups excluding carboxylic acids is 1. The first-order valence-electron chi connectivity index (χ1n) is 8.39. The molecule has 0 atom stereocenters. The van der Waals surface area contributed by atoms with E-state index in [9.17, 15) is 4.79 Å². The summed E-state index contributed by atoms with van der Waals surface area (Å²) in [6.45, 7) is 1.20. The third kappa shape index (κ3) is 2.79. The molecule has 2 aliphatic rings. The van der Waals surface area contributed by atoms with E-state index in [0.29, 0.717) is 12.2 Å². The van der Waals surface area contributed by atoms with Gasteiger partial charge in [-0.25, -0.2) is 9.97 Å².